The van der Waals surface area contributed by atoms with E-state index in [1.165, 1.54) is 12.8 Å². The molecule has 2 aliphatic rings. The van der Waals surface area contributed by atoms with Gasteiger partial charge >= 0.3 is 0 Å². The van der Waals surface area contributed by atoms with Crippen LogP contribution >= 0.6 is 22.9 Å². The molecule has 0 amide bonds. The minimum absolute atomic E-state index is 0.136. The van der Waals surface area contributed by atoms with Crippen molar-refractivity contribution < 1.29 is 4.79 Å². The predicted octanol–water partition coefficient (Wildman–Crippen LogP) is 2.95. The van der Waals surface area contributed by atoms with Crippen LogP contribution in [0.2, 0.25) is 4.34 Å². The number of halogens is 1. The van der Waals surface area contributed by atoms with Crippen LogP contribution in [-0.4, -0.2) is 23.3 Å². The lowest BCUT2D eigenvalue weighted by Crippen LogP contribution is -2.47. The number of Topliss-reactive ketones (excluding diaryl/α,β-unsaturated/α-hetero) is 1. The largest absolute Gasteiger partial charge is 0.292 e. The molecule has 1 fully saturated rings. The van der Waals surface area contributed by atoms with Crippen molar-refractivity contribution in [3.8, 4) is 0 Å². The number of carbonyl (C=O) groups excluding carboxylic acids is 1. The Kier molecular flexibility index (Phi) is 2.34. The highest BCUT2D eigenvalue weighted by Gasteiger charge is 2.36. The van der Waals surface area contributed by atoms with E-state index < -0.39 is 0 Å². The maximum absolute atomic E-state index is 12.2. The Hall–Kier alpha value is -0.380. The molecule has 2 aliphatic heterocycles. The van der Waals surface area contributed by atoms with Crippen molar-refractivity contribution in [2.24, 2.45) is 0 Å². The molecule has 0 N–H and O–H groups in total. The van der Waals surface area contributed by atoms with E-state index in [-0.39, 0.29) is 6.04 Å². The zero-order chi connectivity index (χ0) is 10.4. The Bertz CT molecular complexity index is 415. The highest BCUT2D eigenvalue weighted by molar-refractivity contribution is 7.16. The predicted molar refractivity (Wildman–Crippen MR) is 61.7 cm³/mol. The van der Waals surface area contributed by atoms with E-state index in [2.05, 4.69) is 4.90 Å². The third kappa shape index (κ3) is 1.53. The van der Waals surface area contributed by atoms with Gasteiger partial charge in [0.2, 0.25) is 0 Å². The molecule has 1 saturated heterocycles. The molecule has 1 aromatic rings. The summed E-state index contributed by atoms with van der Waals surface area (Å²) in [6, 6.07) is 1.98. The van der Waals surface area contributed by atoms with Crippen LogP contribution in [0.3, 0.4) is 0 Å². The zero-order valence-electron chi connectivity index (χ0n) is 8.33. The van der Waals surface area contributed by atoms with Gasteiger partial charge in [-0.05, 0) is 25.5 Å². The monoisotopic (exact) mass is 241 g/mol. The number of thiophene rings is 1. The highest BCUT2D eigenvalue weighted by Crippen LogP contribution is 2.35. The van der Waals surface area contributed by atoms with E-state index >= 15 is 0 Å². The number of nitrogens with zero attached hydrogens (tertiary/aromatic N) is 1. The van der Waals surface area contributed by atoms with Gasteiger partial charge in [0.25, 0.3) is 0 Å². The second-order valence-corrected chi connectivity index (χ2v) is 6.00. The average molecular weight is 242 g/mol. The average Bonchev–Trinajstić information content (AvgIpc) is 2.59. The number of fused-ring (bicyclic) bond motifs is 2. The Balaban J connectivity index is 2.01. The van der Waals surface area contributed by atoms with Gasteiger partial charge < -0.3 is 0 Å². The number of hydrogen-bond acceptors (Lipinski definition) is 3. The zero-order valence-corrected chi connectivity index (χ0v) is 9.90. The summed E-state index contributed by atoms with van der Waals surface area (Å²) >= 11 is 7.51. The van der Waals surface area contributed by atoms with Crippen molar-refractivity contribution in [2.75, 3.05) is 6.54 Å². The van der Waals surface area contributed by atoms with Gasteiger partial charge in [-0.15, -0.1) is 11.3 Å². The molecule has 0 radical (unpaired) electrons. The first-order valence-electron chi connectivity index (χ1n) is 5.32. The van der Waals surface area contributed by atoms with E-state index in [9.17, 15) is 4.79 Å². The van der Waals surface area contributed by atoms with Gasteiger partial charge in [-0.3, -0.25) is 9.69 Å². The lowest BCUT2D eigenvalue weighted by atomic mass is 9.91. The third-order valence-corrected chi connectivity index (χ3v) is 4.56. The van der Waals surface area contributed by atoms with E-state index in [1.807, 2.05) is 6.07 Å². The van der Waals surface area contributed by atoms with E-state index in [0.717, 1.165) is 34.3 Å². The number of rotatable bonds is 0. The third-order valence-electron chi connectivity index (χ3n) is 3.31. The second-order valence-electron chi connectivity index (χ2n) is 4.23. The molecule has 0 spiro atoms. The Morgan fingerprint density at radius 2 is 2.33 bits per heavy atom. The Labute approximate surface area is 97.8 Å². The second kappa shape index (κ2) is 3.58. The SMILES string of the molecule is O=C1c2cc(Cl)sc2CN2CCCC[C@@H]12. The van der Waals surface area contributed by atoms with Crippen LogP contribution in [0.25, 0.3) is 0 Å². The summed E-state index contributed by atoms with van der Waals surface area (Å²) in [6.07, 6.45) is 3.42. The first-order valence-corrected chi connectivity index (χ1v) is 6.51. The molecule has 1 aromatic heterocycles. The van der Waals surface area contributed by atoms with Crippen LogP contribution in [-0.2, 0) is 6.54 Å². The Morgan fingerprint density at radius 1 is 1.47 bits per heavy atom. The summed E-state index contributed by atoms with van der Waals surface area (Å²) in [4.78, 5) is 15.6. The Morgan fingerprint density at radius 3 is 3.20 bits per heavy atom. The molecular formula is C11H12ClNOS. The normalized spacial score (nSPS) is 26.2. The van der Waals surface area contributed by atoms with Crippen molar-refractivity contribution in [2.45, 2.75) is 31.8 Å². The van der Waals surface area contributed by atoms with Gasteiger partial charge in [0.1, 0.15) is 0 Å². The van der Waals surface area contributed by atoms with Crippen molar-refractivity contribution in [1.29, 1.82) is 0 Å². The van der Waals surface area contributed by atoms with Crippen LogP contribution in [0.5, 0.6) is 0 Å². The van der Waals surface area contributed by atoms with E-state index in [1.54, 1.807) is 11.3 Å². The smallest absolute Gasteiger partial charge is 0.181 e. The fraction of sp³-hybridized carbons (Fsp3) is 0.545. The van der Waals surface area contributed by atoms with Crippen molar-refractivity contribution in [3.63, 3.8) is 0 Å². The van der Waals surface area contributed by atoms with Gasteiger partial charge in [0.15, 0.2) is 5.78 Å². The van der Waals surface area contributed by atoms with Crippen LogP contribution in [0, 0.1) is 0 Å². The lowest BCUT2D eigenvalue weighted by molar-refractivity contribution is 0.0691. The number of carbonyl (C=O) groups is 1. The highest BCUT2D eigenvalue weighted by atomic mass is 35.5. The molecule has 80 valence electrons. The summed E-state index contributed by atoms with van der Waals surface area (Å²) in [5, 5.41) is 0. The molecular weight excluding hydrogens is 230 g/mol. The minimum atomic E-state index is 0.136. The molecule has 0 saturated carbocycles. The number of ketones is 1. The standard InChI is InChI=1S/C11H12ClNOS/c12-10-5-7-9(15-10)6-13-4-2-1-3-8(13)11(7)14/h5,8H,1-4,6H2/t8-/m0/s1. The molecule has 0 aliphatic carbocycles. The van der Waals surface area contributed by atoms with Crippen molar-refractivity contribution >= 4 is 28.7 Å². The molecule has 0 bridgehead atoms. The summed E-state index contributed by atoms with van der Waals surface area (Å²) in [6.45, 7) is 1.98. The fourth-order valence-corrected chi connectivity index (χ4v) is 3.86. The van der Waals surface area contributed by atoms with Crippen LogP contribution in [0.1, 0.15) is 34.5 Å². The molecule has 0 aromatic carbocycles. The number of hydrogen-bond donors (Lipinski definition) is 0. The summed E-state index contributed by atoms with van der Waals surface area (Å²) in [7, 11) is 0. The van der Waals surface area contributed by atoms with E-state index in [0.29, 0.717) is 5.78 Å². The molecule has 3 heterocycles. The van der Waals surface area contributed by atoms with Gasteiger partial charge in [0, 0.05) is 17.0 Å². The fourth-order valence-electron chi connectivity index (χ4n) is 2.56. The van der Waals surface area contributed by atoms with Gasteiger partial charge in [-0.25, -0.2) is 0 Å². The molecule has 2 nitrogen and oxygen atoms in total. The van der Waals surface area contributed by atoms with Crippen LogP contribution in [0.15, 0.2) is 6.07 Å². The molecule has 3 rings (SSSR count). The quantitative estimate of drug-likeness (QED) is 0.696. The number of piperidine rings is 1. The van der Waals surface area contributed by atoms with Crippen LogP contribution < -0.4 is 0 Å². The molecule has 0 unspecified atom stereocenters. The maximum atomic E-state index is 12.2. The van der Waals surface area contributed by atoms with Crippen molar-refractivity contribution in [3.05, 3.63) is 20.8 Å². The minimum Gasteiger partial charge on any atom is -0.292 e. The lowest BCUT2D eigenvalue weighted by Gasteiger charge is -2.37. The van der Waals surface area contributed by atoms with Crippen LogP contribution in [0.4, 0.5) is 0 Å². The summed E-state index contributed by atoms with van der Waals surface area (Å²) < 4.78 is 0.744. The molecule has 15 heavy (non-hydrogen) atoms. The van der Waals surface area contributed by atoms with E-state index in [4.69, 9.17) is 11.6 Å². The van der Waals surface area contributed by atoms with Gasteiger partial charge in [-0.2, -0.15) is 0 Å². The topological polar surface area (TPSA) is 20.3 Å². The molecule has 4 heteroatoms. The maximum Gasteiger partial charge on any atom is 0.181 e. The van der Waals surface area contributed by atoms with Crippen molar-refractivity contribution in [1.82, 2.24) is 4.90 Å². The first-order chi connectivity index (χ1) is 7.25. The molecule has 1 atom stereocenters. The summed E-state index contributed by atoms with van der Waals surface area (Å²) in [5.74, 6) is 0.291. The summed E-state index contributed by atoms with van der Waals surface area (Å²) in [5.41, 5.74) is 0.883. The first kappa shape index (κ1) is 9.82. The van der Waals surface area contributed by atoms with Gasteiger partial charge in [-0.1, -0.05) is 18.0 Å². The van der Waals surface area contributed by atoms with Gasteiger partial charge in [0.05, 0.1) is 10.4 Å².